The van der Waals surface area contributed by atoms with Gasteiger partial charge in [-0.05, 0) is 48.2 Å². The largest absolute Gasteiger partial charge is 0.334 e. The van der Waals surface area contributed by atoms with E-state index in [1.807, 2.05) is 30.3 Å². The highest BCUT2D eigenvalue weighted by molar-refractivity contribution is 6.30. The zero-order chi connectivity index (χ0) is 23.1. The molecule has 1 radical (unpaired) electrons. The molecule has 0 fully saturated rings. The van der Waals surface area contributed by atoms with E-state index >= 15 is 0 Å². The normalized spacial score (nSPS) is 11.2. The predicted molar refractivity (Wildman–Crippen MR) is 137 cm³/mol. The van der Waals surface area contributed by atoms with Gasteiger partial charge in [-0.3, -0.25) is 0 Å². The van der Waals surface area contributed by atoms with Crippen LogP contribution in [0.15, 0.2) is 53.1 Å². The van der Waals surface area contributed by atoms with Crippen molar-refractivity contribution in [2.45, 2.75) is 84.1 Å². The van der Waals surface area contributed by atoms with Gasteiger partial charge in [-0.15, -0.1) is 0 Å². The van der Waals surface area contributed by atoms with Crippen LogP contribution >= 0.6 is 11.6 Å². The molecule has 0 unspecified atom stereocenters. The summed E-state index contributed by atoms with van der Waals surface area (Å²) in [4.78, 5) is 4.58. The molecule has 2 aromatic carbocycles. The van der Waals surface area contributed by atoms with Gasteiger partial charge in [0, 0.05) is 30.1 Å². The molecule has 0 aliphatic rings. The lowest BCUT2D eigenvalue weighted by atomic mass is 10.1. The van der Waals surface area contributed by atoms with Crippen molar-refractivity contribution in [2.24, 2.45) is 0 Å². The molecule has 0 bridgehead atoms. The molecule has 0 saturated heterocycles. The second-order valence-corrected chi connectivity index (χ2v) is 9.21. The van der Waals surface area contributed by atoms with Crippen LogP contribution in [-0.2, 0) is 19.4 Å². The Kier molecular flexibility index (Phi) is 11.5. The molecule has 0 aliphatic carbocycles. The van der Waals surface area contributed by atoms with Crippen molar-refractivity contribution < 1.29 is 4.52 Å². The van der Waals surface area contributed by atoms with Crippen molar-refractivity contribution >= 4 is 11.6 Å². The van der Waals surface area contributed by atoms with Crippen LogP contribution in [0.25, 0.3) is 11.5 Å². The maximum absolute atomic E-state index is 6.03. The Morgan fingerprint density at radius 2 is 1.55 bits per heavy atom. The number of rotatable bonds is 16. The zero-order valence-corrected chi connectivity index (χ0v) is 20.7. The van der Waals surface area contributed by atoms with Crippen LogP contribution in [0.5, 0.6) is 0 Å². The minimum Gasteiger partial charge on any atom is -0.334 e. The van der Waals surface area contributed by atoms with E-state index in [1.165, 1.54) is 62.5 Å². The first-order chi connectivity index (χ1) is 16.2. The fourth-order valence-electron chi connectivity index (χ4n) is 3.93. The Labute approximate surface area is 204 Å². The van der Waals surface area contributed by atoms with Gasteiger partial charge in [0.15, 0.2) is 5.82 Å². The maximum Gasteiger partial charge on any atom is 0.257 e. The van der Waals surface area contributed by atoms with Gasteiger partial charge in [0.05, 0.1) is 0 Å². The lowest BCUT2D eigenvalue weighted by molar-refractivity contribution is 0.421. The fraction of sp³-hybridized carbons (Fsp3) is 0.500. The van der Waals surface area contributed by atoms with E-state index in [2.05, 4.69) is 40.6 Å². The van der Waals surface area contributed by atoms with Gasteiger partial charge >= 0.3 is 0 Å². The summed E-state index contributed by atoms with van der Waals surface area (Å²) in [6, 6.07) is 16.2. The van der Waals surface area contributed by atoms with E-state index < -0.39 is 0 Å². The van der Waals surface area contributed by atoms with Gasteiger partial charge in [0.25, 0.3) is 5.89 Å². The summed E-state index contributed by atoms with van der Waals surface area (Å²) in [6.45, 7) is 3.75. The SMILES string of the molecule is CCCCCCCCCCCc1noc(-c2ccc(C[N]CCc3cccc(Cl)c3)cc2)n1. The molecule has 0 atom stereocenters. The number of nitrogens with zero attached hydrogens (tertiary/aromatic N) is 3. The first-order valence-corrected chi connectivity index (χ1v) is 12.9. The highest BCUT2D eigenvalue weighted by Gasteiger charge is 2.09. The van der Waals surface area contributed by atoms with Crippen LogP contribution in [0, 0.1) is 0 Å². The van der Waals surface area contributed by atoms with Crippen LogP contribution in [0.4, 0.5) is 0 Å². The van der Waals surface area contributed by atoms with E-state index in [0.717, 1.165) is 42.2 Å². The molecule has 1 heterocycles. The molecule has 5 heteroatoms. The summed E-state index contributed by atoms with van der Waals surface area (Å²) < 4.78 is 5.49. The molecule has 4 nitrogen and oxygen atoms in total. The molecule has 3 aromatic rings. The Morgan fingerprint density at radius 3 is 2.27 bits per heavy atom. The van der Waals surface area contributed by atoms with Crippen molar-refractivity contribution in [1.29, 1.82) is 0 Å². The van der Waals surface area contributed by atoms with Gasteiger partial charge in [0.2, 0.25) is 0 Å². The average Bonchev–Trinajstić information content (AvgIpc) is 3.30. The third kappa shape index (κ3) is 9.69. The predicted octanol–water partition coefficient (Wildman–Crippen LogP) is 7.81. The molecular weight excluding hydrogens is 430 g/mol. The number of halogens is 1. The lowest BCUT2D eigenvalue weighted by Gasteiger charge is -2.04. The number of unbranched alkanes of at least 4 members (excludes halogenated alkanes) is 8. The van der Waals surface area contributed by atoms with Crippen LogP contribution < -0.4 is 5.32 Å². The van der Waals surface area contributed by atoms with E-state index in [9.17, 15) is 0 Å². The molecule has 3 rings (SSSR count). The highest BCUT2D eigenvalue weighted by Crippen LogP contribution is 2.19. The molecule has 0 aliphatic heterocycles. The molecule has 0 spiro atoms. The molecule has 1 aromatic heterocycles. The summed E-state index contributed by atoms with van der Waals surface area (Å²) >= 11 is 6.03. The van der Waals surface area contributed by atoms with E-state index in [4.69, 9.17) is 16.1 Å². The number of aryl methyl sites for hydroxylation is 1. The minimum atomic E-state index is 0.602. The van der Waals surface area contributed by atoms with Gasteiger partial charge in [-0.1, -0.05) is 99.3 Å². The third-order valence-corrected chi connectivity index (χ3v) is 6.15. The quantitative estimate of drug-likeness (QED) is 0.202. The zero-order valence-electron chi connectivity index (χ0n) is 19.9. The van der Waals surface area contributed by atoms with Crippen molar-refractivity contribution in [3.63, 3.8) is 0 Å². The molecular formula is C28H37ClN3O. The van der Waals surface area contributed by atoms with Gasteiger partial charge in [-0.25, -0.2) is 5.32 Å². The van der Waals surface area contributed by atoms with Crippen LogP contribution in [0.1, 0.15) is 81.7 Å². The van der Waals surface area contributed by atoms with Crippen molar-refractivity contribution in [1.82, 2.24) is 15.5 Å². The first-order valence-electron chi connectivity index (χ1n) is 12.5. The van der Waals surface area contributed by atoms with Crippen molar-refractivity contribution in [3.05, 3.63) is 70.5 Å². The molecule has 0 N–H and O–H groups in total. The lowest BCUT2D eigenvalue weighted by Crippen LogP contribution is -2.09. The maximum atomic E-state index is 6.03. The standard InChI is InChI=1S/C28H37ClN3O/c1-2-3-4-5-6-7-8-9-10-14-27-31-28(33-32-27)25-17-15-24(16-18-25)22-30-20-19-23-12-11-13-26(29)21-23/h11-13,15-18,21H,2-10,14,19-20,22H2,1H3. The van der Waals surface area contributed by atoms with E-state index in [0.29, 0.717) is 12.4 Å². The summed E-state index contributed by atoms with van der Waals surface area (Å²) in [5.74, 6) is 1.42. The monoisotopic (exact) mass is 466 g/mol. The number of aromatic nitrogens is 2. The Bertz CT molecular complexity index is 923. The summed E-state index contributed by atoms with van der Waals surface area (Å²) in [6.07, 6.45) is 13.7. The molecule has 0 saturated carbocycles. The first kappa shape index (κ1) is 25.5. The van der Waals surface area contributed by atoms with Crippen LogP contribution in [0.2, 0.25) is 5.02 Å². The minimum absolute atomic E-state index is 0.602. The summed E-state index contributed by atoms with van der Waals surface area (Å²) in [7, 11) is 0. The molecule has 0 amide bonds. The third-order valence-electron chi connectivity index (χ3n) is 5.91. The topological polar surface area (TPSA) is 53.0 Å². The molecule has 33 heavy (non-hydrogen) atoms. The smallest absolute Gasteiger partial charge is 0.257 e. The number of hydrogen-bond donors (Lipinski definition) is 0. The van der Waals surface area contributed by atoms with Crippen LogP contribution in [-0.4, -0.2) is 16.7 Å². The van der Waals surface area contributed by atoms with Crippen molar-refractivity contribution in [3.8, 4) is 11.5 Å². The van der Waals surface area contributed by atoms with E-state index in [-0.39, 0.29) is 0 Å². The fourth-order valence-corrected chi connectivity index (χ4v) is 4.14. The molecule has 177 valence electrons. The summed E-state index contributed by atoms with van der Waals surface area (Å²) in [5.41, 5.74) is 3.36. The highest BCUT2D eigenvalue weighted by atomic mass is 35.5. The Hall–Kier alpha value is -2.17. The Balaban J connectivity index is 1.32. The summed E-state index contributed by atoms with van der Waals surface area (Å²) in [5, 5.41) is 9.59. The second-order valence-electron chi connectivity index (χ2n) is 8.78. The second kappa shape index (κ2) is 14.9. The van der Waals surface area contributed by atoms with E-state index in [1.54, 1.807) is 0 Å². The number of hydrogen-bond acceptors (Lipinski definition) is 3. The van der Waals surface area contributed by atoms with Crippen molar-refractivity contribution in [2.75, 3.05) is 6.54 Å². The van der Waals surface area contributed by atoms with Gasteiger partial charge in [-0.2, -0.15) is 4.98 Å². The van der Waals surface area contributed by atoms with Crippen LogP contribution in [0.3, 0.4) is 0 Å². The number of benzene rings is 2. The van der Waals surface area contributed by atoms with Gasteiger partial charge < -0.3 is 4.52 Å². The average molecular weight is 467 g/mol. The van der Waals surface area contributed by atoms with Gasteiger partial charge in [0.1, 0.15) is 0 Å². The Morgan fingerprint density at radius 1 is 0.818 bits per heavy atom.